The molecule has 0 fully saturated rings. The van der Waals surface area contributed by atoms with E-state index in [4.69, 9.17) is 16.3 Å². The van der Waals surface area contributed by atoms with Gasteiger partial charge in [0.2, 0.25) is 11.5 Å². The summed E-state index contributed by atoms with van der Waals surface area (Å²) in [6.45, 7) is 0.261. The minimum Gasteiger partial charge on any atom is -0.839 e. The Morgan fingerprint density at radius 1 is 1.29 bits per heavy atom. The lowest BCUT2D eigenvalue weighted by molar-refractivity contribution is -0.582. The van der Waals surface area contributed by atoms with Crippen molar-refractivity contribution in [1.82, 2.24) is 19.5 Å². The number of Topliss-reactive ketones (excluding diaryl/α,β-unsaturated/α-hetero) is 1. The van der Waals surface area contributed by atoms with Crippen molar-refractivity contribution in [3.05, 3.63) is 69.9 Å². The third-order valence-electron chi connectivity index (χ3n) is 4.03. The monoisotopic (exact) mass is 415 g/mol. The van der Waals surface area contributed by atoms with Crippen molar-refractivity contribution >= 4 is 34.4 Å². The second-order valence-corrected chi connectivity index (χ2v) is 7.61. The summed E-state index contributed by atoms with van der Waals surface area (Å²) < 4.78 is 9.00. The van der Waals surface area contributed by atoms with E-state index < -0.39 is 5.78 Å². The van der Waals surface area contributed by atoms with E-state index in [0.717, 1.165) is 10.4 Å². The molecule has 4 heterocycles. The minimum absolute atomic E-state index is 0.0556. The van der Waals surface area contributed by atoms with Gasteiger partial charge in [0.15, 0.2) is 4.47 Å². The van der Waals surface area contributed by atoms with Crippen LogP contribution in [0.1, 0.15) is 20.9 Å². The lowest BCUT2D eigenvalue weighted by Crippen LogP contribution is -2.24. The third kappa shape index (κ3) is 3.72. The first-order chi connectivity index (χ1) is 13.6. The van der Waals surface area contributed by atoms with Crippen LogP contribution in [0.5, 0.6) is 5.88 Å². The molecular formula is C18H14ClN5O3S. The SMILES string of the molecule is O=C(COCc1cncnc1)c1c([O-])[n+]2ccccc2n1Cc1cnc(Cl)s1. The van der Waals surface area contributed by atoms with Gasteiger partial charge in [0.25, 0.3) is 5.65 Å². The number of ether oxygens (including phenoxy) is 1. The number of halogens is 1. The second-order valence-electron chi connectivity index (χ2n) is 5.91. The molecule has 0 aliphatic heterocycles. The Hall–Kier alpha value is -2.88. The Labute approximate surface area is 168 Å². The van der Waals surface area contributed by atoms with Crippen molar-refractivity contribution in [3.8, 4) is 5.88 Å². The Morgan fingerprint density at radius 3 is 2.86 bits per heavy atom. The van der Waals surface area contributed by atoms with Crippen LogP contribution < -0.4 is 9.51 Å². The van der Waals surface area contributed by atoms with Gasteiger partial charge in [-0.25, -0.2) is 23.9 Å². The molecular weight excluding hydrogens is 402 g/mol. The van der Waals surface area contributed by atoms with Crippen LogP contribution in [-0.2, 0) is 17.9 Å². The number of carbonyl (C=O) groups excluding carboxylic acids is 1. The van der Waals surface area contributed by atoms with Gasteiger partial charge in [0.1, 0.15) is 25.4 Å². The first kappa shape index (κ1) is 18.5. The molecule has 0 saturated heterocycles. The Bertz CT molecular complexity index is 1130. The number of fused-ring (bicyclic) bond motifs is 1. The zero-order chi connectivity index (χ0) is 19.5. The minimum atomic E-state index is -0.402. The molecule has 4 aromatic rings. The van der Waals surface area contributed by atoms with E-state index in [0.29, 0.717) is 16.7 Å². The Kier molecular flexibility index (Phi) is 5.29. The highest BCUT2D eigenvalue weighted by Crippen LogP contribution is 2.23. The summed E-state index contributed by atoms with van der Waals surface area (Å²) in [6, 6.07) is 5.33. The van der Waals surface area contributed by atoms with E-state index in [9.17, 15) is 9.90 Å². The summed E-state index contributed by atoms with van der Waals surface area (Å²) in [5.74, 6) is -0.788. The van der Waals surface area contributed by atoms with Crippen molar-refractivity contribution in [2.24, 2.45) is 0 Å². The van der Waals surface area contributed by atoms with Crippen LogP contribution in [0, 0.1) is 0 Å². The molecule has 0 atom stereocenters. The van der Waals surface area contributed by atoms with Gasteiger partial charge in [0, 0.05) is 30.2 Å². The van der Waals surface area contributed by atoms with Gasteiger partial charge >= 0.3 is 0 Å². The normalized spacial score (nSPS) is 11.2. The summed E-state index contributed by atoms with van der Waals surface area (Å²) in [5, 5.41) is 12.8. The molecule has 0 bridgehead atoms. The highest BCUT2D eigenvalue weighted by Gasteiger charge is 2.26. The van der Waals surface area contributed by atoms with Gasteiger partial charge in [-0.1, -0.05) is 17.7 Å². The molecule has 0 saturated carbocycles. The molecule has 0 aliphatic carbocycles. The topological polar surface area (TPSA) is 97.1 Å². The lowest BCUT2D eigenvalue weighted by atomic mass is 10.3. The van der Waals surface area contributed by atoms with Crippen LogP contribution in [0.15, 0.2) is 49.3 Å². The predicted molar refractivity (Wildman–Crippen MR) is 99.3 cm³/mol. The van der Waals surface area contributed by atoms with Crippen molar-refractivity contribution in [2.75, 3.05) is 6.61 Å². The fraction of sp³-hybridized carbons (Fsp3) is 0.167. The fourth-order valence-corrected chi connectivity index (χ4v) is 3.81. The Morgan fingerprint density at radius 2 is 2.11 bits per heavy atom. The molecule has 4 aromatic heterocycles. The van der Waals surface area contributed by atoms with Crippen LogP contribution in [0.4, 0.5) is 0 Å². The maximum Gasteiger partial charge on any atom is 0.286 e. The van der Waals surface area contributed by atoms with Crippen molar-refractivity contribution in [3.63, 3.8) is 0 Å². The van der Waals surface area contributed by atoms with E-state index in [1.165, 1.54) is 22.1 Å². The highest BCUT2D eigenvalue weighted by molar-refractivity contribution is 7.15. The average Bonchev–Trinajstić information content (AvgIpc) is 3.24. The molecule has 8 nitrogen and oxygen atoms in total. The van der Waals surface area contributed by atoms with Gasteiger partial charge in [-0.2, -0.15) is 0 Å². The molecule has 0 amide bonds. The summed E-state index contributed by atoms with van der Waals surface area (Å²) in [5.41, 5.74) is 1.41. The number of nitrogens with zero attached hydrogens (tertiary/aromatic N) is 5. The molecule has 0 aliphatic rings. The first-order valence-corrected chi connectivity index (χ1v) is 9.48. The number of hydrogen-bond donors (Lipinski definition) is 0. The number of hydrogen-bond acceptors (Lipinski definition) is 7. The van der Waals surface area contributed by atoms with E-state index in [-0.39, 0.29) is 24.8 Å². The largest absolute Gasteiger partial charge is 0.839 e. The maximum atomic E-state index is 12.8. The number of pyridine rings is 1. The molecule has 10 heteroatoms. The number of rotatable bonds is 7. The van der Waals surface area contributed by atoms with Gasteiger partial charge in [-0.3, -0.25) is 4.79 Å². The maximum absolute atomic E-state index is 12.8. The number of ketones is 1. The summed E-state index contributed by atoms with van der Waals surface area (Å²) in [4.78, 5) is 25.5. The summed E-state index contributed by atoms with van der Waals surface area (Å²) in [6.07, 6.45) is 7.90. The molecule has 142 valence electrons. The van der Waals surface area contributed by atoms with Gasteiger partial charge in [-0.05, 0) is 6.07 Å². The third-order valence-corrected chi connectivity index (χ3v) is 5.13. The predicted octanol–water partition coefficient (Wildman–Crippen LogP) is 1.65. The van der Waals surface area contributed by atoms with E-state index in [2.05, 4.69) is 15.0 Å². The number of thiazole rings is 1. The number of aromatic nitrogens is 5. The average molecular weight is 416 g/mol. The van der Waals surface area contributed by atoms with E-state index in [1.807, 2.05) is 6.07 Å². The molecule has 0 unspecified atom stereocenters. The number of imidazole rings is 1. The van der Waals surface area contributed by atoms with Crippen LogP contribution in [-0.4, -0.2) is 31.9 Å². The number of carbonyl (C=O) groups is 1. The smallest absolute Gasteiger partial charge is 0.286 e. The fourth-order valence-electron chi connectivity index (χ4n) is 2.85. The lowest BCUT2D eigenvalue weighted by Gasteiger charge is -2.06. The first-order valence-electron chi connectivity index (χ1n) is 8.28. The highest BCUT2D eigenvalue weighted by atomic mass is 35.5. The second kappa shape index (κ2) is 8.01. The van der Waals surface area contributed by atoms with Crippen molar-refractivity contribution in [1.29, 1.82) is 0 Å². The molecule has 0 N–H and O–H groups in total. The summed E-state index contributed by atoms with van der Waals surface area (Å²) >= 11 is 7.21. The molecule has 4 rings (SSSR count). The molecule has 28 heavy (non-hydrogen) atoms. The van der Waals surface area contributed by atoms with Crippen LogP contribution in [0.2, 0.25) is 4.47 Å². The van der Waals surface area contributed by atoms with Crippen LogP contribution in [0.3, 0.4) is 0 Å². The molecule has 0 spiro atoms. The van der Waals surface area contributed by atoms with Gasteiger partial charge in [-0.15, -0.1) is 11.3 Å². The zero-order valence-corrected chi connectivity index (χ0v) is 16.1. The van der Waals surface area contributed by atoms with Crippen LogP contribution >= 0.6 is 22.9 Å². The van der Waals surface area contributed by atoms with Gasteiger partial charge in [0.05, 0.1) is 17.7 Å². The standard InChI is InChI=1S/C18H14ClN5O3S/c19-18-22-7-13(28-18)8-24-15-3-1-2-4-23(15)17(26)16(24)14(25)10-27-9-12-5-20-11-21-6-12/h1-7,11H,8-10H2. The van der Waals surface area contributed by atoms with Crippen LogP contribution in [0.25, 0.3) is 5.65 Å². The van der Waals surface area contributed by atoms with E-state index in [1.54, 1.807) is 41.5 Å². The molecule has 0 aromatic carbocycles. The summed E-state index contributed by atoms with van der Waals surface area (Å²) in [7, 11) is 0. The quantitative estimate of drug-likeness (QED) is 0.336. The molecule has 0 radical (unpaired) electrons. The van der Waals surface area contributed by atoms with E-state index >= 15 is 0 Å². The van der Waals surface area contributed by atoms with Crippen molar-refractivity contribution in [2.45, 2.75) is 13.2 Å². The van der Waals surface area contributed by atoms with Gasteiger partial charge < -0.3 is 9.84 Å². The zero-order valence-electron chi connectivity index (χ0n) is 14.5. The van der Waals surface area contributed by atoms with Crippen molar-refractivity contribution < 1.29 is 19.0 Å². The Balaban J connectivity index is 1.62.